The highest BCUT2D eigenvalue weighted by molar-refractivity contribution is 14.0. The van der Waals surface area contributed by atoms with Gasteiger partial charge in [-0.25, -0.2) is 4.98 Å². The molecule has 2 aromatic heterocycles. The normalized spacial score (nSPS) is 11.0. The standard InChI is InChI=1S/C17H25ClN6.HI/c1-19-17(24(5)12-15-8-14(18)11-23(15)4)21-10-13-6-7-16(20-9-13)22(2)3;/h6-9,11H,10,12H2,1-5H3,(H,19,21);1H. The number of pyridine rings is 1. The molecule has 0 aliphatic rings. The molecule has 8 heteroatoms. The van der Waals surface area contributed by atoms with E-state index in [4.69, 9.17) is 11.6 Å². The minimum absolute atomic E-state index is 0. The summed E-state index contributed by atoms with van der Waals surface area (Å²) >= 11 is 6.04. The molecule has 0 amide bonds. The van der Waals surface area contributed by atoms with Crippen LogP contribution in [0.4, 0.5) is 5.82 Å². The Kier molecular flexibility index (Phi) is 8.51. The Hall–Kier alpha value is -1.48. The molecule has 6 nitrogen and oxygen atoms in total. The van der Waals surface area contributed by atoms with E-state index < -0.39 is 0 Å². The second kappa shape index (κ2) is 9.86. The average Bonchev–Trinajstić information content (AvgIpc) is 2.85. The van der Waals surface area contributed by atoms with Crippen molar-refractivity contribution in [3.05, 3.63) is 46.9 Å². The fraction of sp³-hybridized carbons (Fsp3) is 0.412. The second-order valence-electron chi connectivity index (χ2n) is 5.94. The Morgan fingerprint density at radius 2 is 2.04 bits per heavy atom. The fourth-order valence-corrected chi connectivity index (χ4v) is 2.67. The number of rotatable bonds is 5. The zero-order valence-corrected chi connectivity index (χ0v) is 18.4. The van der Waals surface area contributed by atoms with Crippen LogP contribution < -0.4 is 10.2 Å². The molecule has 0 aliphatic carbocycles. The first-order chi connectivity index (χ1) is 11.4. The number of nitrogens with zero attached hydrogens (tertiary/aromatic N) is 5. The molecule has 138 valence electrons. The summed E-state index contributed by atoms with van der Waals surface area (Å²) in [4.78, 5) is 12.8. The zero-order valence-electron chi connectivity index (χ0n) is 15.3. The fourth-order valence-electron chi connectivity index (χ4n) is 2.39. The molecule has 0 radical (unpaired) electrons. The number of guanidine groups is 1. The van der Waals surface area contributed by atoms with Crippen molar-refractivity contribution in [2.45, 2.75) is 13.1 Å². The summed E-state index contributed by atoms with van der Waals surface area (Å²) in [5.74, 6) is 1.77. The molecule has 0 saturated heterocycles. The third-order valence-electron chi connectivity index (χ3n) is 3.77. The van der Waals surface area contributed by atoms with Crippen LogP contribution >= 0.6 is 35.6 Å². The molecule has 0 unspecified atom stereocenters. The molecule has 0 saturated carbocycles. The SMILES string of the molecule is CN=C(NCc1ccc(N(C)C)nc1)N(C)Cc1cc(Cl)cn1C.I. The molecule has 0 aliphatic heterocycles. The van der Waals surface area contributed by atoms with Gasteiger partial charge in [-0.1, -0.05) is 17.7 Å². The Morgan fingerprint density at radius 3 is 2.52 bits per heavy atom. The lowest BCUT2D eigenvalue weighted by molar-refractivity contribution is 0.461. The van der Waals surface area contributed by atoms with Gasteiger partial charge in [0.1, 0.15) is 5.82 Å². The third-order valence-corrected chi connectivity index (χ3v) is 3.97. The maximum Gasteiger partial charge on any atom is 0.194 e. The van der Waals surface area contributed by atoms with Crippen molar-refractivity contribution in [1.82, 2.24) is 19.8 Å². The van der Waals surface area contributed by atoms with Crippen LogP contribution in [0.25, 0.3) is 0 Å². The summed E-state index contributed by atoms with van der Waals surface area (Å²) in [7, 11) is 9.73. The van der Waals surface area contributed by atoms with Gasteiger partial charge in [0.15, 0.2) is 5.96 Å². The number of hydrogen-bond donors (Lipinski definition) is 1. The first-order valence-electron chi connectivity index (χ1n) is 7.75. The van der Waals surface area contributed by atoms with Crippen LogP contribution in [0, 0.1) is 0 Å². The highest BCUT2D eigenvalue weighted by Gasteiger charge is 2.10. The van der Waals surface area contributed by atoms with Gasteiger partial charge in [0, 0.05) is 59.9 Å². The van der Waals surface area contributed by atoms with Crippen LogP contribution in [0.2, 0.25) is 5.02 Å². The Balaban J connectivity index is 0.00000312. The number of nitrogens with one attached hydrogen (secondary N) is 1. The molecular formula is C17H26ClIN6. The van der Waals surface area contributed by atoms with Crippen LogP contribution in [0.5, 0.6) is 0 Å². The summed E-state index contributed by atoms with van der Waals surface area (Å²) in [5.41, 5.74) is 2.24. The Bertz CT molecular complexity index is 696. The minimum Gasteiger partial charge on any atom is -0.363 e. The van der Waals surface area contributed by atoms with E-state index in [0.29, 0.717) is 6.54 Å². The van der Waals surface area contributed by atoms with E-state index in [9.17, 15) is 0 Å². The highest BCUT2D eigenvalue weighted by Crippen LogP contribution is 2.14. The lowest BCUT2D eigenvalue weighted by Gasteiger charge is -2.22. The van der Waals surface area contributed by atoms with Gasteiger partial charge in [-0.2, -0.15) is 0 Å². The van der Waals surface area contributed by atoms with Gasteiger partial charge in [-0.15, -0.1) is 24.0 Å². The van der Waals surface area contributed by atoms with Crippen molar-refractivity contribution in [3.63, 3.8) is 0 Å². The molecule has 0 spiro atoms. The average molecular weight is 477 g/mol. The first-order valence-corrected chi connectivity index (χ1v) is 8.13. The lowest BCUT2D eigenvalue weighted by Crippen LogP contribution is -2.38. The highest BCUT2D eigenvalue weighted by atomic mass is 127. The lowest BCUT2D eigenvalue weighted by atomic mass is 10.3. The summed E-state index contributed by atoms with van der Waals surface area (Å²) in [5, 5.41) is 4.11. The minimum atomic E-state index is 0. The van der Waals surface area contributed by atoms with Gasteiger partial charge in [-0.3, -0.25) is 4.99 Å². The maximum atomic E-state index is 6.04. The molecule has 2 aromatic rings. The van der Waals surface area contributed by atoms with Crippen LogP contribution in [0.1, 0.15) is 11.3 Å². The molecule has 0 fully saturated rings. The van der Waals surface area contributed by atoms with Gasteiger partial charge in [-0.05, 0) is 17.7 Å². The molecule has 0 atom stereocenters. The third kappa shape index (κ3) is 6.07. The number of aromatic nitrogens is 2. The van der Waals surface area contributed by atoms with E-state index in [0.717, 1.165) is 34.6 Å². The van der Waals surface area contributed by atoms with E-state index in [1.165, 1.54) is 0 Å². The van der Waals surface area contributed by atoms with Crippen molar-refractivity contribution < 1.29 is 0 Å². The van der Waals surface area contributed by atoms with Crippen LogP contribution in [0.3, 0.4) is 0 Å². The molecule has 0 bridgehead atoms. The quantitative estimate of drug-likeness (QED) is 0.409. The number of aryl methyl sites for hydroxylation is 1. The zero-order chi connectivity index (χ0) is 17.7. The summed E-state index contributed by atoms with van der Waals surface area (Å²) < 4.78 is 2.02. The van der Waals surface area contributed by atoms with E-state index in [1.807, 2.05) is 62.2 Å². The van der Waals surface area contributed by atoms with Crippen molar-refractivity contribution in [2.24, 2.45) is 12.0 Å². The maximum absolute atomic E-state index is 6.04. The summed E-state index contributed by atoms with van der Waals surface area (Å²) in [6.45, 7) is 1.40. The predicted octanol–water partition coefficient (Wildman–Crippen LogP) is 2.96. The first kappa shape index (κ1) is 21.6. The van der Waals surface area contributed by atoms with Gasteiger partial charge < -0.3 is 19.7 Å². The summed E-state index contributed by atoms with van der Waals surface area (Å²) in [6, 6.07) is 6.05. The van der Waals surface area contributed by atoms with Crippen LogP contribution in [-0.2, 0) is 20.1 Å². The number of hydrogen-bond acceptors (Lipinski definition) is 3. The van der Waals surface area contributed by atoms with Gasteiger partial charge in [0.25, 0.3) is 0 Å². The number of anilines is 1. The smallest absolute Gasteiger partial charge is 0.194 e. The van der Waals surface area contributed by atoms with Gasteiger partial charge in [0.2, 0.25) is 0 Å². The van der Waals surface area contributed by atoms with Crippen LogP contribution in [-0.4, -0.2) is 48.6 Å². The Labute approximate surface area is 171 Å². The summed E-state index contributed by atoms with van der Waals surface area (Å²) in [6.07, 6.45) is 3.78. The second-order valence-corrected chi connectivity index (χ2v) is 6.37. The monoisotopic (exact) mass is 476 g/mol. The van der Waals surface area contributed by atoms with Crippen molar-refractivity contribution in [1.29, 1.82) is 0 Å². The molecule has 1 N–H and O–H groups in total. The number of aliphatic imine (C=N–C) groups is 1. The largest absolute Gasteiger partial charge is 0.363 e. The van der Waals surface area contributed by atoms with E-state index in [2.05, 4.69) is 26.3 Å². The Morgan fingerprint density at radius 1 is 1.32 bits per heavy atom. The van der Waals surface area contributed by atoms with Crippen molar-refractivity contribution in [2.75, 3.05) is 33.1 Å². The molecular weight excluding hydrogens is 451 g/mol. The van der Waals surface area contributed by atoms with Gasteiger partial charge >= 0.3 is 0 Å². The molecule has 2 rings (SSSR count). The molecule has 2 heterocycles. The van der Waals surface area contributed by atoms with E-state index in [-0.39, 0.29) is 24.0 Å². The van der Waals surface area contributed by atoms with E-state index >= 15 is 0 Å². The van der Waals surface area contributed by atoms with Crippen molar-refractivity contribution >= 4 is 47.4 Å². The van der Waals surface area contributed by atoms with Gasteiger partial charge in [0.05, 0.1) is 11.6 Å². The predicted molar refractivity (Wildman–Crippen MR) is 116 cm³/mol. The van der Waals surface area contributed by atoms with Crippen molar-refractivity contribution in [3.8, 4) is 0 Å². The molecule has 0 aromatic carbocycles. The number of halogens is 2. The topological polar surface area (TPSA) is 48.7 Å². The molecule has 25 heavy (non-hydrogen) atoms. The van der Waals surface area contributed by atoms with E-state index in [1.54, 1.807) is 7.05 Å². The van der Waals surface area contributed by atoms with Crippen LogP contribution in [0.15, 0.2) is 35.6 Å².